The molecule has 0 heterocycles. The summed E-state index contributed by atoms with van der Waals surface area (Å²) >= 11 is 5.55. The third kappa shape index (κ3) is 5.13. The van der Waals surface area contributed by atoms with E-state index in [0.717, 1.165) is 6.07 Å². The Hall–Kier alpha value is -1.82. The van der Waals surface area contributed by atoms with Crippen LogP contribution in [0.5, 0.6) is 5.75 Å². The minimum Gasteiger partial charge on any atom is -0.484 e. The molecule has 104 valence electrons. The van der Waals surface area contributed by atoms with E-state index < -0.39 is 23.6 Å². The van der Waals surface area contributed by atoms with E-state index in [9.17, 15) is 14.0 Å². The summed E-state index contributed by atoms with van der Waals surface area (Å²) in [5, 5.41) is 10.9. The van der Waals surface area contributed by atoms with Gasteiger partial charge in [0.05, 0.1) is 10.9 Å². The fourth-order valence-corrected chi connectivity index (χ4v) is 1.29. The van der Waals surface area contributed by atoms with E-state index in [2.05, 4.69) is 5.32 Å². The Balaban J connectivity index is 2.37. The molecule has 0 bridgehead atoms. The molecule has 0 aliphatic rings. The van der Waals surface area contributed by atoms with Crippen LogP contribution >= 0.6 is 11.6 Å². The quantitative estimate of drug-likeness (QED) is 0.836. The highest BCUT2D eigenvalue weighted by Gasteiger charge is 2.12. The molecule has 1 rings (SSSR count). The van der Waals surface area contributed by atoms with Crippen LogP contribution in [0.4, 0.5) is 4.39 Å². The molecule has 1 amide bonds. The number of nitrogens with one attached hydrogen (secondary N) is 1. The van der Waals surface area contributed by atoms with E-state index in [1.807, 2.05) is 0 Å². The lowest BCUT2D eigenvalue weighted by atomic mass is 10.2. The highest BCUT2D eigenvalue weighted by molar-refractivity contribution is 6.30. The Morgan fingerprint density at radius 3 is 2.79 bits per heavy atom. The first kappa shape index (κ1) is 15.2. The van der Waals surface area contributed by atoms with Crippen molar-refractivity contribution in [2.75, 3.05) is 13.2 Å². The fourth-order valence-electron chi connectivity index (χ4n) is 1.12. The average Bonchev–Trinajstić information content (AvgIpc) is 2.37. The summed E-state index contributed by atoms with van der Waals surface area (Å²) in [7, 11) is 0. The Morgan fingerprint density at radius 1 is 1.53 bits per heavy atom. The molecule has 1 atom stereocenters. The summed E-state index contributed by atoms with van der Waals surface area (Å²) in [5.41, 5.74) is 0. The molecule has 0 saturated heterocycles. The summed E-state index contributed by atoms with van der Waals surface area (Å²) in [4.78, 5) is 21.9. The van der Waals surface area contributed by atoms with E-state index in [1.165, 1.54) is 19.1 Å². The van der Waals surface area contributed by atoms with Crippen LogP contribution in [0.2, 0.25) is 5.02 Å². The summed E-state index contributed by atoms with van der Waals surface area (Å²) in [6, 6.07) is 3.72. The standard InChI is InChI=1S/C12H13ClFNO4/c1-7(12(17)18)5-15-11(16)6-19-8-2-3-10(14)9(13)4-8/h2-4,7H,5-6H2,1H3,(H,15,16)(H,17,18). The molecule has 0 radical (unpaired) electrons. The molecule has 7 heteroatoms. The van der Waals surface area contributed by atoms with Crippen LogP contribution in [-0.2, 0) is 9.59 Å². The second kappa shape index (κ2) is 6.94. The molecule has 0 saturated carbocycles. The molecule has 0 spiro atoms. The van der Waals surface area contributed by atoms with Crippen molar-refractivity contribution in [2.24, 2.45) is 5.92 Å². The fraction of sp³-hybridized carbons (Fsp3) is 0.333. The number of rotatable bonds is 6. The van der Waals surface area contributed by atoms with E-state index in [-0.39, 0.29) is 23.9 Å². The van der Waals surface area contributed by atoms with Gasteiger partial charge >= 0.3 is 5.97 Å². The van der Waals surface area contributed by atoms with Crippen LogP contribution in [0.25, 0.3) is 0 Å². The lowest BCUT2D eigenvalue weighted by molar-refractivity contribution is -0.141. The normalized spacial score (nSPS) is 11.7. The van der Waals surface area contributed by atoms with E-state index in [1.54, 1.807) is 0 Å². The van der Waals surface area contributed by atoms with Gasteiger partial charge in [-0.3, -0.25) is 9.59 Å². The Bertz CT molecular complexity index is 481. The highest BCUT2D eigenvalue weighted by atomic mass is 35.5. The number of amides is 1. The zero-order chi connectivity index (χ0) is 14.4. The minimum absolute atomic E-state index is 0.0156. The first-order valence-electron chi connectivity index (χ1n) is 5.47. The Labute approximate surface area is 114 Å². The highest BCUT2D eigenvalue weighted by Crippen LogP contribution is 2.20. The molecule has 19 heavy (non-hydrogen) atoms. The topological polar surface area (TPSA) is 75.6 Å². The second-order valence-corrected chi connectivity index (χ2v) is 4.32. The molecular formula is C12H13ClFNO4. The summed E-state index contributed by atoms with van der Waals surface area (Å²) in [5.74, 6) is -2.45. The van der Waals surface area contributed by atoms with Crippen LogP contribution in [-0.4, -0.2) is 30.1 Å². The van der Waals surface area contributed by atoms with Gasteiger partial charge in [0, 0.05) is 12.6 Å². The summed E-state index contributed by atoms with van der Waals surface area (Å²) in [6.45, 7) is 1.19. The number of hydrogen-bond donors (Lipinski definition) is 2. The van der Waals surface area contributed by atoms with Crippen LogP contribution in [0.1, 0.15) is 6.92 Å². The molecule has 1 aromatic rings. The number of carboxylic acid groups (broad SMARTS) is 1. The predicted octanol–water partition coefficient (Wildman–Crippen LogP) is 1.69. The first-order valence-corrected chi connectivity index (χ1v) is 5.85. The maximum absolute atomic E-state index is 12.9. The first-order chi connectivity index (χ1) is 8.90. The molecule has 0 aromatic heterocycles. The van der Waals surface area contributed by atoms with Gasteiger partial charge in [-0.1, -0.05) is 18.5 Å². The van der Waals surface area contributed by atoms with Crippen LogP contribution < -0.4 is 10.1 Å². The van der Waals surface area contributed by atoms with Gasteiger partial charge in [-0.05, 0) is 12.1 Å². The van der Waals surface area contributed by atoms with Crippen molar-refractivity contribution in [3.05, 3.63) is 29.0 Å². The largest absolute Gasteiger partial charge is 0.484 e. The maximum atomic E-state index is 12.9. The Kier molecular flexibility index (Phi) is 5.57. The van der Waals surface area contributed by atoms with Crippen molar-refractivity contribution in [2.45, 2.75) is 6.92 Å². The molecule has 1 aromatic carbocycles. The zero-order valence-corrected chi connectivity index (χ0v) is 10.9. The molecule has 0 fully saturated rings. The van der Waals surface area contributed by atoms with Gasteiger partial charge in [0.1, 0.15) is 11.6 Å². The Morgan fingerprint density at radius 2 is 2.21 bits per heavy atom. The number of benzene rings is 1. The van der Waals surface area contributed by atoms with Crippen molar-refractivity contribution < 1.29 is 23.8 Å². The molecule has 0 aliphatic heterocycles. The third-order valence-electron chi connectivity index (χ3n) is 2.29. The van der Waals surface area contributed by atoms with E-state index in [0.29, 0.717) is 0 Å². The van der Waals surface area contributed by atoms with Gasteiger partial charge in [0.25, 0.3) is 5.91 Å². The average molecular weight is 290 g/mol. The number of carbonyl (C=O) groups excluding carboxylic acids is 1. The second-order valence-electron chi connectivity index (χ2n) is 3.91. The van der Waals surface area contributed by atoms with E-state index in [4.69, 9.17) is 21.4 Å². The van der Waals surface area contributed by atoms with Gasteiger partial charge < -0.3 is 15.2 Å². The molecular weight excluding hydrogens is 277 g/mol. The van der Waals surface area contributed by atoms with Crippen molar-refractivity contribution >= 4 is 23.5 Å². The number of carbonyl (C=O) groups is 2. The number of aliphatic carboxylic acids is 1. The maximum Gasteiger partial charge on any atom is 0.308 e. The molecule has 5 nitrogen and oxygen atoms in total. The van der Waals surface area contributed by atoms with Crippen molar-refractivity contribution in [3.8, 4) is 5.75 Å². The van der Waals surface area contributed by atoms with Crippen molar-refractivity contribution in [1.29, 1.82) is 0 Å². The smallest absolute Gasteiger partial charge is 0.308 e. The molecule has 2 N–H and O–H groups in total. The monoisotopic (exact) mass is 289 g/mol. The zero-order valence-electron chi connectivity index (χ0n) is 10.2. The summed E-state index contributed by atoms with van der Waals surface area (Å²) < 4.78 is 17.9. The summed E-state index contributed by atoms with van der Waals surface area (Å²) in [6.07, 6.45) is 0. The van der Waals surface area contributed by atoms with Crippen LogP contribution in [0.3, 0.4) is 0 Å². The van der Waals surface area contributed by atoms with Gasteiger partial charge in [0.2, 0.25) is 0 Å². The lowest BCUT2D eigenvalue weighted by Crippen LogP contribution is -2.34. The number of halogens is 2. The lowest BCUT2D eigenvalue weighted by Gasteiger charge is -2.09. The molecule has 0 aliphatic carbocycles. The number of ether oxygens (including phenoxy) is 1. The van der Waals surface area contributed by atoms with Crippen molar-refractivity contribution in [3.63, 3.8) is 0 Å². The van der Waals surface area contributed by atoms with Crippen molar-refractivity contribution in [1.82, 2.24) is 5.32 Å². The van der Waals surface area contributed by atoms with Crippen LogP contribution in [0, 0.1) is 11.7 Å². The third-order valence-corrected chi connectivity index (χ3v) is 2.58. The van der Waals surface area contributed by atoms with Crippen LogP contribution in [0.15, 0.2) is 18.2 Å². The van der Waals surface area contributed by atoms with Gasteiger partial charge in [-0.15, -0.1) is 0 Å². The SMILES string of the molecule is CC(CNC(=O)COc1ccc(F)c(Cl)c1)C(=O)O. The minimum atomic E-state index is -0.994. The van der Waals surface area contributed by atoms with Gasteiger partial charge in [-0.2, -0.15) is 0 Å². The predicted molar refractivity (Wildman–Crippen MR) is 66.7 cm³/mol. The number of carboxylic acids is 1. The molecule has 1 unspecified atom stereocenters. The number of hydrogen-bond acceptors (Lipinski definition) is 3. The van der Waals surface area contributed by atoms with Gasteiger partial charge in [-0.25, -0.2) is 4.39 Å². The van der Waals surface area contributed by atoms with Gasteiger partial charge in [0.15, 0.2) is 6.61 Å². The van der Waals surface area contributed by atoms with E-state index >= 15 is 0 Å².